The number of nitrogens with one attached hydrogen (secondary N) is 1. The Kier molecular flexibility index (Phi) is 6.34. The molecule has 1 aromatic heterocycles. The van der Waals surface area contributed by atoms with Gasteiger partial charge in [-0.05, 0) is 43.0 Å². The minimum Gasteiger partial charge on any atom is -0.494 e. The van der Waals surface area contributed by atoms with Crippen molar-refractivity contribution in [2.75, 3.05) is 32.8 Å². The SMILES string of the molecule is CCOc1ccc(-c2noc(CCC(=O)N3C[C@H]4CNC[C@H]4C3)n2)cc1.Cl. The van der Waals surface area contributed by atoms with Gasteiger partial charge in [-0.1, -0.05) is 5.16 Å². The Bertz CT molecular complexity index is 753. The first-order valence-corrected chi connectivity index (χ1v) is 9.27. The van der Waals surface area contributed by atoms with Crippen LogP contribution in [-0.4, -0.2) is 53.7 Å². The highest BCUT2D eigenvalue weighted by Crippen LogP contribution is 2.27. The van der Waals surface area contributed by atoms with Crippen LogP contribution in [0.2, 0.25) is 0 Å². The van der Waals surface area contributed by atoms with E-state index in [0.29, 0.717) is 43.0 Å². The van der Waals surface area contributed by atoms with Gasteiger partial charge in [-0.3, -0.25) is 4.79 Å². The average molecular weight is 393 g/mol. The van der Waals surface area contributed by atoms with Crippen LogP contribution in [0.25, 0.3) is 11.4 Å². The van der Waals surface area contributed by atoms with Crippen molar-refractivity contribution in [2.24, 2.45) is 11.8 Å². The molecule has 7 nitrogen and oxygen atoms in total. The van der Waals surface area contributed by atoms with E-state index in [1.165, 1.54) is 0 Å². The molecule has 27 heavy (non-hydrogen) atoms. The molecule has 3 heterocycles. The zero-order valence-corrected chi connectivity index (χ0v) is 16.2. The summed E-state index contributed by atoms with van der Waals surface area (Å²) in [5, 5.41) is 7.42. The molecule has 2 saturated heterocycles. The van der Waals surface area contributed by atoms with Gasteiger partial charge in [-0.25, -0.2) is 0 Å². The Balaban J connectivity index is 0.00000210. The van der Waals surface area contributed by atoms with Crippen LogP contribution < -0.4 is 10.1 Å². The molecule has 8 heteroatoms. The molecule has 1 N–H and O–H groups in total. The topological polar surface area (TPSA) is 80.5 Å². The van der Waals surface area contributed by atoms with E-state index in [1.807, 2.05) is 36.1 Å². The van der Waals surface area contributed by atoms with Crippen molar-refractivity contribution in [2.45, 2.75) is 19.8 Å². The number of aryl methyl sites for hydroxylation is 1. The van der Waals surface area contributed by atoms with Crippen molar-refractivity contribution in [3.05, 3.63) is 30.2 Å². The summed E-state index contributed by atoms with van der Waals surface area (Å²) in [6.07, 6.45) is 0.894. The van der Waals surface area contributed by atoms with Crippen molar-refractivity contribution in [3.63, 3.8) is 0 Å². The first-order chi connectivity index (χ1) is 12.7. The zero-order valence-electron chi connectivity index (χ0n) is 15.4. The lowest BCUT2D eigenvalue weighted by Crippen LogP contribution is -2.32. The summed E-state index contributed by atoms with van der Waals surface area (Å²) in [4.78, 5) is 18.8. The molecule has 2 atom stereocenters. The van der Waals surface area contributed by atoms with Crippen LogP contribution in [0.5, 0.6) is 5.75 Å². The number of hydrogen-bond acceptors (Lipinski definition) is 6. The van der Waals surface area contributed by atoms with Crippen molar-refractivity contribution >= 4 is 18.3 Å². The zero-order chi connectivity index (χ0) is 17.9. The molecule has 0 unspecified atom stereocenters. The molecule has 4 rings (SSSR count). The first kappa shape index (κ1) is 19.6. The molecule has 0 saturated carbocycles. The molecule has 2 aromatic rings. The summed E-state index contributed by atoms with van der Waals surface area (Å²) < 4.78 is 10.7. The molecular weight excluding hydrogens is 368 g/mol. The number of fused-ring (bicyclic) bond motifs is 1. The van der Waals surface area contributed by atoms with Gasteiger partial charge in [0, 0.05) is 44.6 Å². The number of aromatic nitrogens is 2. The fourth-order valence-corrected chi connectivity index (χ4v) is 3.77. The van der Waals surface area contributed by atoms with Gasteiger partial charge >= 0.3 is 0 Å². The molecule has 0 radical (unpaired) electrons. The highest BCUT2D eigenvalue weighted by atomic mass is 35.5. The lowest BCUT2D eigenvalue weighted by Gasteiger charge is -2.16. The normalized spacial score (nSPS) is 21.0. The quantitative estimate of drug-likeness (QED) is 0.811. The molecule has 146 valence electrons. The fourth-order valence-electron chi connectivity index (χ4n) is 3.77. The second-order valence-electron chi connectivity index (χ2n) is 6.95. The van der Waals surface area contributed by atoms with Crippen LogP contribution in [0.3, 0.4) is 0 Å². The summed E-state index contributed by atoms with van der Waals surface area (Å²) in [6, 6.07) is 7.58. The summed E-state index contributed by atoms with van der Waals surface area (Å²) in [5.74, 6) is 3.28. The lowest BCUT2D eigenvalue weighted by molar-refractivity contribution is -0.130. The molecule has 0 aliphatic carbocycles. The van der Waals surface area contributed by atoms with E-state index in [-0.39, 0.29) is 18.3 Å². The van der Waals surface area contributed by atoms with E-state index in [4.69, 9.17) is 9.26 Å². The summed E-state index contributed by atoms with van der Waals surface area (Å²) in [5.41, 5.74) is 0.870. The number of ether oxygens (including phenoxy) is 1. The highest BCUT2D eigenvalue weighted by molar-refractivity contribution is 5.85. The van der Waals surface area contributed by atoms with Crippen LogP contribution in [0.15, 0.2) is 28.8 Å². The third-order valence-electron chi connectivity index (χ3n) is 5.19. The van der Waals surface area contributed by atoms with Gasteiger partial charge in [0.1, 0.15) is 5.75 Å². The van der Waals surface area contributed by atoms with Gasteiger partial charge in [0.2, 0.25) is 17.6 Å². The molecule has 2 aliphatic rings. The predicted molar refractivity (Wildman–Crippen MR) is 103 cm³/mol. The van der Waals surface area contributed by atoms with Gasteiger partial charge in [-0.2, -0.15) is 4.98 Å². The van der Waals surface area contributed by atoms with Gasteiger partial charge in [-0.15, -0.1) is 12.4 Å². The van der Waals surface area contributed by atoms with Gasteiger partial charge in [0.15, 0.2) is 0 Å². The predicted octanol–water partition coefficient (Wildman–Crippen LogP) is 2.17. The van der Waals surface area contributed by atoms with E-state index in [2.05, 4.69) is 15.5 Å². The van der Waals surface area contributed by atoms with Crippen molar-refractivity contribution in [3.8, 4) is 17.1 Å². The smallest absolute Gasteiger partial charge is 0.227 e. The largest absolute Gasteiger partial charge is 0.494 e. The molecule has 1 amide bonds. The molecule has 1 aromatic carbocycles. The van der Waals surface area contributed by atoms with Crippen LogP contribution in [0.1, 0.15) is 19.2 Å². The number of amides is 1. The first-order valence-electron chi connectivity index (χ1n) is 9.27. The Labute approximate surface area is 164 Å². The second-order valence-corrected chi connectivity index (χ2v) is 6.95. The van der Waals surface area contributed by atoms with E-state index < -0.39 is 0 Å². The van der Waals surface area contributed by atoms with Gasteiger partial charge < -0.3 is 19.5 Å². The number of rotatable bonds is 6. The molecule has 0 spiro atoms. The monoisotopic (exact) mass is 392 g/mol. The summed E-state index contributed by atoms with van der Waals surface area (Å²) in [7, 11) is 0. The van der Waals surface area contributed by atoms with Crippen LogP contribution in [0.4, 0.5) is 0 Å². The Morgan fingerprint density at radius 2 is 1.96 bits per heavy atom. The van der Waals surface area contributed by atoms with E-state index in [1.54, 1.807) is 0 Å². The third kappa shape index (κ3) is 4.42. The third-order valence-corrected chi connectivity index (χ3v) is 5.19. The Hall–Kier alpha value is -2.12. The summed E-state index contributed by atoms with van der Waals surface area (Å²) in [6.45, 7) is 6.39. The standard InChI is InChI=1S/C19H24N4O3.ClH/c1-2-25-16-5-3-13(4-6-16)19-21-17(26-22-19)7-8-18(24)23-11-14-9-20-10-15(14)12-23;/h3-6,14-15,20H,2,7-12H2,1H3;1H/t14-,15+;. The van der Waals surface area contributed by atoms with Crippen molar-refractivity contribution in [1.82, 2.24) is 20.4 Å². The number of halogens is 1. The van der Waals surface area contributed by atoms with Crippen LogP contribution in [0, 0.1) is 11.8 Å². The minimum absolute atomic E-state index is 0. The second kappa shape index (κ2) is 8.71. The molecule has 2 aliphatic heterocycles. The average Bonchev–Trinajstić information content (AvgIpc) is 3.36. The van der Waals surface area contributed by atoms with E-state index in [0.717, 1.165) is 37.5 Å². The van der Waals surface area contributed by atoms with Crippen molar-refractivity contribution < 1.29 is 14.1 Å². The number of carbonyl (C=O) groups excluding carboxylic acids is 1. The maximum atomic E-state index is 12.4. The summed E-state index contributed by atoms with van der Waals surface area (Å²) >= 11 is 0. The fraction of sp³-hybridized carbons (Fsp3) is 0.526. The number of likely N-dealkylation sites (tertiary alicyclic amines) is 1. The minimum atomic E-state index is 0. The molecule has 0 bridgehead atoms. The number of nitrogens with zero attached hydrogens (tertiary/aromatic N) is 3. The van der Waals surface area contributed by atoms with E-state index >= 15 is 0 Å². The van der Waals surface area contributed by atoms with Crippen LogP contribution >= 0.6 is 12.4 Å². The number of carbonyl (C=O) groups is 1. The van der Waals surface area contributed by atoms with E-state index in [9.17, 15) is 4.79 Å². The maximum Gasteiger partial charge on any atom is 0.227 e. The lowest BCUT2D eigenvalue weighted by atomic mass is 10.0. The van der Waals surface area contributed by atoms with Gasteiger partial charge in [0.05, 0.1) is 6.61 Å². The Morgan fingerprint density at radius 1 is 1.26 bits per heavy atom. The maximum absolute atomic E-state index is 12.4. The van der Waals surface area contributed by atoms with Crippen molar-refractivity contribution in [1.29, 1.82) is 0 Å². The van der Waals surface area contributed by atoms with Crippen LogP contribution in [-0.2, 0) is 11.2 Å². The van der Waals surface area contributed by atoms with Gasteiger partial charge in [0.25, 0.3) is 0 Å². The molecular formula is C19H25ClN4O3. The molecule has 2 fully saturated rings. The highest BCUT2D eigenvalue weighted by Gasteiger charge is 2.37. The Morgan fingerprint density at radius 3 is 2.63 bits per heavy atom. The number of hydrogen-bond donors (Lipinski definition) is 1. The number of benzene rings is 1.